The summed E-state index contributed by atoms with van der Waals surface area (Å²) in [5.74, 6) is 0. The van der Waals surface area contributed by atoms with Crippen molar-refractivity contribution in [3.05, 3.63) is 24.3 Å². The SMILES string of the molecule is CSc1ccc(P(C)(=O)Cl)cc1. The Morgan fingerprint density at radius 1 is 1.33 bits per heavy atom. The standard InChI is InChI=1S/C8H10ClOPS/c1-11(9,10)7-3-5-8(12-2)6-4-7/h3-6H,1-2H3. The molecule has 4 heteroatoms. The van der Waals surface area contributed by atoms with E-state index in [1.165, 1.54) is 0 Å². The molecule has 66 valence electrons. The summed E-state index contributed by atoms with van der Waals surface area (Å²) in [4.78, 5) is 1.16. The number of hydrogen-bond donors (Lipinski definition) is 0. The van der Waals surface area contributed by atoms with E-state index < -0.39 is 6.49 Å². The first-order valence-electron chi connectivity index (χ1n) is 3.46. The lowest BCUT2D eigenvalue weighted by atomic mass is 10.4. The Morgan fingerprint density at radius 2 is 1.83 bits per heavy atom. The number of benzene rings is 1. The quantitative estimate of drug-likeness (QED) is 0.563. The Labute approximate surface area is 81.7 Å². The molecular formula is C8H10ClOPS. The van der Waals surface area contributed by atoms with Crippen molar-refractivity contribution in [2.45, 2.75) is 4.90 Å². The van der Waals surface area contributed by atoms with Gasteiger partial charge >= 0.3 is 0 Å². The highest BCUT2D eigenvalue weighted by Crippen LogP contribution is 2.45. The van der Waals surface area contributed by atoms with Crippen LogP contribution < -0.4 is 5.30 Å². The van der Waals surface area contributed by atoms with E-state index in [1.54, 1.807) is 18.4 Å². The second-order valence-electron chi connectivity index (χ2n) is 2.52. The van der Waals surface area contributed by atoms with E-state index in [1.807, 2.05) is 30.5 Å². The topological polar surface area (TPSA) is 17.1 Å². The summed E-state index contributed by atoms with van der Waals surface area (Å²) in [6, 6.07) is 7.50. The molecule has 0 bridgehead atoms. The molecule has 1 aromatic rings. The monoisotopic (exact) mass is 220 g/mol. The molecule has 1 rings (SSSR count). The minimum Gasteiger partial charge on any atom is -0.302 e. The lowest BCUT2D eigenvalue weighted by molar-refractivity contribution is 0.593. The first-order valence-corrected chi connectivity index (χ1v) is 7.74. The van der Waals surface area contributed by atoms with Crippen LogP contribution in [-0.2, 0) is 4.57 Å². The third kappa shape index (κ3) is 2.55. The summed E-state index contributed by atoms with van der Waals surface area (Å²) in [5, 5.41) is 0.724. The molecule has 0 aliphatic rings. The van der Waals surface area contributed by atoms with Crippen molar-refractivity contribution in [2.24, 2.45) is 0 Å². The van der Waals surface area contributed by atoms with Gasteiger partial charge in [-0.25, -0.2) is 0 Å². The maximum Gasteiger partial charge on any atom is 0.194 e. The molecule has 0 saturated carbocycles. The first kappa shape index (κ1) is 10.2. The molecule has 0 heterocycles. The minimum absolute atomic E-state index is 0.724. The summed E-state index contributed by atoms with van der Waals surface area (Å²) in [6.45, 7) is -1.03. The lowest BCUT2D eigenvalue weighted by Crippen LogP contribution is -1.97. The van der Waals surface area contributed by atoms with Crippen molar-refractivity contribution in [3.63, 3.8) is 0 Å². The Bertz CT molecular complexity index is 303. The number of rotatable bonds is 2. The summed E-state index contributed by atoms with van der Waals surface area (Å²) in [7, 11) is 0. The van der Waals surface area contributed by atoms with Crippen molar-refractivity contribution in [1.29, 1.82) is 0 Å². The molecule has 0 radical (unpaired) electrons. The fraction of sp³-hybridized carbons (Fsp3) is 0.250. The van der Waals surface area contributed by atoms with E-state index in [9.17, 15) is 4.57 Å². The van der Waals surface area contributed by atoms with Gasteiger partial charge in [0.25, 0.3) is 0 Å². The van der Waals surface area contributed by atoms with Crippen LogP contribution in [-0.4, -0.2) is 12.9 Å². The van der Waals surface area contributed by atoms with Crippen molar-refractivity contribution >= 4 is 34.8 Å². The second-order valence-corrected chi connectivity index (χ2v) is 7.49. The summed E-state index contributed by atoms with van der Waals surface area (Å²) >= 11 is 7.36. The highest BCUT2D eigenvalue weighted by Gasteiger charge is 2.12. The molecule has 0 aliphatic carbocycles. The Morgan fingerprint density at radius 3 is 2.17 bits per heavy atom. The van der Waals surface area contributed by atoms with Crippen LogP contribution in [0, 0.1) is 0 Å². The van der Waals surface area contributed by atoms with Crippen LogP contribution in [0.5, 0.6) is 0 Å². The van der Waals surface area contributed by atoms with Gasteiger partial charge in [-0.05, 0) is 41.8 Å². The molecular weight excluding hydrogens is 211 g/mol. The van der Waals surface area contributed by atoms with Crippen LogP contribution in [0.15, 0.2) is 29.2 Å². The fourth-order valence-electron chi connectivity index (χ4n) is 0.848. The van der Waals surface area contributed by atoms with Gasteiger partial charge < -0.3 is 4.57 Å². The second kappa shape index (κ2) is 3.87. The molecule has 0 fully saturated rings. The fourth-order valence-corrected chi connectivity index (χ4v) is 2.28. The van der Waals surface area contributed by atoms with Crippen LogP contribution in [0.1, 0.15) is 0 Å². The summed E-state index contributed by atoms with van der Waals surface area (Å²) in [5.41, 5.74) is 0. The smallest absolute Gasteiger partial charge is 0.194 e. The molecule has 0 saturated heterocycles. The molecule has 0 amide bonds. The first-order chi connectivity index (χ1) is 5.54. The molecule has 0 aliphatic heterocycles. The molecule has 1 aromatic carbocycles. The van der Waals surface area contributed by atoms with E-state index in [0.717, 1.165) is 10.2 Å². The van der Waals surface area contributed by atoms with E-state index >= 15 is 0 Å². The predicted molar refractivity (Wildman–Crippen MR) is 57.2 cm³/mol. The van der Waals surface area contributed by atoms with E-state index in [2.05, 4.69) is 0 Å². The molecule has 1 unspecified atom stereocenters. The maximum absolute atomic E-state index is 11.4. The van der Waals surface area contributed by atoms with Gasteiger partial charge in [0.15, 0.2) is 6.49 Å². The Kier molecular flexibility index (Phi) is 3.28. The van der Waals surface area contributed by atoms with Crippen LogP contribution in [0.2, 0.25) is 0 Å². The largest absolute Gasteiger partial charge is 0.302 e. The Balaban J connectivity index is 3.01. The van der Waals surface area contributed by atoms with E-state index in [-0.39, 0.29) is 0 Å². The van der Waals surface area contributed by atoms with Crippen LogP contribution in [0.4, 0.5) is 0 Å². The molecule has 0 aromatic heterocycles. The van der Waals surface area contributed by atoms with Gasteiger partial charge in [0.2, 0.25) is 0 Å². The average molecular weight is 221 g/mol. The molecule has 0 spiro atoms. The van der Waals surface area contributed by atoms with Gasteiger partial charge in [-0.15, -0.1) is 11.8 Å². The van der Waals surface area contributed by atoms with Crippen molar-refractivity contribution in [3.8, 4) is 0 Å². The van der Waals surface area contributed by atoms with E-state index in [4.69, 9.17) is 11.2 Å². The van der Waals surface area contributed by atoms with Crippen molar-refractivity contribution < 1.29 is 4.57 Å². The maximum atomic E-state index is 11.4. The molecule has 1 nitrogen and oxygen atoms in total. The third-order valence-corrected chi connectivity index (χ3v) is 4.08. The predicted octanol–water partition coefficient (Wildman–Crippen LogP) is 3.18. The van der Waals surface area contributed by atoms with E-state index in [0.29, 0.717) is 0 Å². The van der Waals surface area contributed by atoms with Gasteiger partial charge in [-0.3, -0.25) is 0 Å². The normalized spacial score (nSPS) is 15.6. The van der Waals surface area contributed by atoms with Crippen LogP contribution in [0.25, 0.3) is 0 Å². The zero-order chi connectivity index (χ0) is 9.19. The van der Waals surface area contributed by atoms with Crippen LogP contribution in [0.3, 0.4) is 0 Å². The lowest BCUT2D eigenvalue weighted by Gasteiger charge is -2.04. The third-order valence-electron chi connectivity index (χ3n) is 1.53. The number of hydrogen-bond acceptors (Lipinski definition) is 2. The number of halogens is 1. The van der Waals surface area contributed by atoms with Gasteiger partial charge in [0, 0.05) is 16.9 Å². The Hall–Kier alpha value is 0.0900. The van der Waals surface area contributed by atoms with Gasteiger partial charge in [-0.1, -0.05) is 0 Å². The molecule has 0 N–H and O–H groups in total. The van der Waals surface area contributed by atoms with Gasteiger partial charge in [0.1, 0.15) is 0 Å². The highest BCUT2D eigenvalue weighted by atomic mass is 35.7. The van der Waals surface area contributed by atoms with Crippen molar-refractivity contribution in [1.82, 2.24) is 0 Å². The highest BCUT2D eigenvalue weighted by molar-refractivity contribution is 7.98. The zero-order valence-corrected chi connectivity index (χ0v) is 9.42. The van der Waals surface area contributed by atoms with Crippen LogP contribution >= 0.6 is 29.5 Å². The zero-order valence-electron chi connectivity index (χ0n) is 6.95. The van der Waals surface area contributed by atoms with Crippen molar-refractivity contribution in [2.75, 3.05) is 12.9 Å². The average Bonchev–Trinajstić information content (AvgIpc) is 2.03. The summed E-state index contributed by atoms with van der Waals surface area (Å²) in [6.07, 6.45) is 2.00. The molecule has 12 heavy (non-hydrogen) atoms. The van der Waals surface area contributed by atoms with Gasteiger partial charge in [-0.2, -0.15) is 0 Å². The van der Waals surface area contributed by atoms with Gasteiger partial charge in [0.05, 0.1) is 0 Å². The number of thioether (sulfide) groups is 1. The molecule has 1 atom stereocenters. The summed E-state index contributed by atoms with van der Waals surface area (Å²) < 4.78 is 11.4. The minimum atomic E-state index is -2.59.